The number of nitrogens with zero attached hydrogens (tertiary/aromatic N) is 3. The number of benzene rings is 1. The zero-order valence-corrected chi connectivity index (χ0v) is 17.2. The minimum absolute atomic E-state index is 0.179. The Morgan fingerprint density at radius 2 is 1.96 bits per heavy atom. The molecule has 7 nitrogen and oxygen atoms in total. The van der Waals surface area contributed by atoms with E-state index in [1.54, 1.807) is 24.4 Å². The number of amides is 1. The second-order valence-corrected chi connectivity index (χ2v) is 7.32. The molecule has 0 aliphatic carbocycles. The predicted molar refractivity (Wildman–Crippen MR) is 109 cm³/mol. The molecule has 140 valence electrons. The van der Waals surface area contributed by atoms with Crippen LogP contribution in [0.1, 0.15) is 22.8 Å². The third kappa shape index (κ3) is 3.30. The van der Waals surface area contributed by atoms with Crippen molar-refractivity contribution in [3.8, 4) is 0 Å². The topological polar surface area (TPSA) is 86.0 Å². The first-order valence-corrected chi connectivity index (χ1v) is 9.27. The summed E-state index contributed by atoms with van der Waals surface area (Å²) in [5.41, 5.74) is 0.469. The summed E-state index contributed by atoms with van der Waals surface area (Å²) in [6, 6.07) is 4.93. The molecule has 0 saturated carbocycles. The summed E-state index contributed by atoms with van der Waals surface area (Å²) in [5.74, 6) is -0.459. The predicted octanol–water partition coefficient (Wildman–Crippen LogP) is 2.86. The molecule has 3 aromatic rings. The fraction of sp³-hybridized carbons (Fsp3) is 0.222. The summed E-state index contributed by atoms with van der Waals surface area (Å²) in [6.07, 6.45) is 2.09. The van der Waals surface area contributed by atoms with Gasteiger partial charge in [0, 0.05) is 24.8 Å². The average molecular weight is 452 g/mol. The van der Waals surface area contributed by atoms with Crippen molar-refractivity contribution in [1.82, 2.24) is 14.1 Å². The van der Waals surface area contributed by atoms with Gasteiger partial charge in [-0.05, 0) is 30.2 Å². The molecule has 0 spiro atoms. The SMILES string of the molecule is CCc1cnc2c(c1NC(=O)c1cc(Br)ccc1Cl)c(=O)n(C)c(=O)n2C. The maximum atomic E-state index is 12.8. The van der Waals surface area contributed by atoms with Crippen LogP contribution in [0.2, 0.25) is 5.02 Å². The molecular formula is C18H16BrClN4O3. The molecule has 3 rings (SSSR count). The molecule has 0 aliphatic heterocycles. The van der Waals surface area contributed by atoms with Gasteiger partial charge in [-0.15, -0.1) is 0 Å². The molecule has 2 aromatic heterocycles. The monoisotopic (exact) mass is 450 g/mol. The molecule has 27 heavy (non-hydrogen) atoms. The summed E-state index contributed by atoms with van der Waals surface area (Å²) in [7, 11) is 2.92. The number of aromatic nitrogens is 3. The highest BCUT2D eigenvalue weighted by Gasteiger charge is 2.20. The van der Waals surface area contributed by atoms with Gasteiger partial charge in [-0.2, -0.15) is 0 Å². The number of carbonyl (C=O) groups is 1. The Hall–Kier alpha value is -2.45. The fourth-order valence-electron chi connectivity index (χ4n) is 2.83. The van der Waals surface area contributed by atoms with Gasteiger partial charge in [0.25, 0.3) is 11.5 Å². The maximum absolute atomic E-state index is 12.8. The molecule has 0 bridgehead atoms. The first-order valence-electron chi connectivity index (χ1n) is 8.10. The number of anilines is 1. The van der Waals surface area contributed by atoms with Crippen LogP contribution in [0.4, 0.5) is 5.69 Å². The Balaban J connectivity index is 2.27. The van der Waals surface area contributed by atoms with Gasteiger partial charge in [0.1, 0.15) is 5.39 Å². The first kappa shape index (κ1) is 19.3. The molecule has 1 aromatic carbocycles. The van der Waals surface area contributed by atoms with Crippen molar-refractivity contribution in [3.63, 3.8) is 0 Å². The summed E-state index contributed by atoms with van der Waals surface area (Å²) < 4.78 is 2.97. The minimum Gasteiger partial charge on any atom is -0.321 e. The van der Waals surface area contributed by atoms with E-state index in [1.807, 2.05) is 6.92 Å². The van der Waals surface area contributed by atoms with Crippen molar-refractivity contribution >= 4 is 50.2 Å². The van der Waals surface area contributed by atoms with Crippen molar-refractivity contribution in [3.05, 3.63) is 65.9 Å². The molecule has 1 N–H and O–H groups in total. The van der Waals surface area contributed by atoms with Crippen LogP contribution in [0.25, 0.3) is 11.0 Å². The molecule has 0 atom stereocenters. The lowest BCUT2D eigenvalue weighted by molar-refractivity contribution is 0.102. The minimum atomic E-state index is -0.522. The van der Waals surface area contributed by atoms with E-state index < -0.39 is 17.2 Å². The van der Waals surface area contributed by atoms with Crippen LogP contribution in [0.3, 0.4) is 0 Å². The highest BCUT2D eigenvalue weighted by atomic mass is 79.9. The van der Waals surface area contributed by atoms with E-state index in [-0.39, 0.29) is 21.6 Å². The van der Waals surface area contributed by atoms with Gasteiger partial charge in [-0.25, -0.2) is 9.78 Å². The number of rotatable bonds is 3. The summed E-state index contributed by atoms with van der Waals surface area (Å²) in [6.45, 7) is 1.89. The maximum Gasteiger partial charge on any atom is 0.332 e. The van der Waals surface area contributed by atoms with Crippen LogP contribution >= 0.6 is 27.5 Å². The Morgan fingerprint density at radius 1 is 1.26 bits per heavy atom. The quantitative estimate of drug-likeness (QED) is 0.663. The number of halogens is 2. The average Bonchev–Trinajstić information content (AvgIpc) is 2.66. The van der Waals surface area contributed by atoms with E-state index in [2.05, 4.69) is 26.2 Å². The van der Waals surface area contributed by atoms with Crippen LogP contribution in [0.15, 0.2) is 38.5 Å². The van der Waals surface area contributed by atoms with E-state index in [9.17, 15) is 14.4 Å². The number of hydrogen-bond donors (Lipinski definition) is 1. The van der Waals surface area contributed by atoms with Crippen LogP contribution in [-0.4, -0.2) is 20.0 Å². The number of aryl methyl sites for hydroxylation is 2. The second-order valence-electron chi connectivity index (χ2n) is 5.99. The molecule has 1 amide bonds. The standard InChI is InChI=1S/C18H16BrClN4O3/c1-4-9-8-21-15-13(17(26)24(3)18(27)23(15)2)14(9)22-16(25)11-7-10(19)5-6-12(11)20/h5-8H,4H2,1-3H3,(H,21,22,25). The molecule has 0 aliphatic rings. The number of nitrogens with one attached hydrogen (secondary N) is 1. The molecule has 0 fully saturated rings. The van der Waals surface area contributed by atoms with E-state index in [0.717, 1.165) is 4.57 Å². The molecule has 0 saturated heterocycles. The lowest BCUT2D eigenvalue weighted by Gasteiger charge is -2.15. The van der Waals surface area contributed by atoms with E-state index >= 15 is 0 Å². The number of fused-ring (bicyclic) bond motifs is 1. The molecule has 0 unspecified atom stereocenters. The van der Waals surface area contributed by atoms with E-state index in [0.29, 0.717) is 22.1 Å². The summed E-state index contributed by atoms with van der Waals surface area (Å²) in [4.78, 5) is 42.0. The van der Waals surface area contributed by atoms with Gasteiger partial charge >= 0.3 is 5.69 Å². The van der Waals surface area contributed by atoms with Gasteiger partial charge in [0.15, 0.2) is 5.65 Å². The molecular weight excluding hydrogens is 436 g/mol. The smallest absolute Gasteiger partial charge is 0.321 e. The Bertz CT molecular complexity index is 1200. The van der Waals surface area contributed by atoms with Crippen molar-refractivity contribution in [1.29, 1.82) is 0 Å². The van der Waals surface area contributed by atoms with Crippen molar-refractivity contribution in [2.24, 2.45) is 14.1 Å². The lowest BCUT2D eigenvalue weighted by Crippen LogP contribution is -2.38. The van der Waals surface area contributed by atoms with Crippen molar-refractivity contribution in [2.75, 3.05) is 5.32 Å². The van der Waals surface area contributed by atoms with Crippen LogP contribution in [0, 0.1) is 0 Å². The van der Waals surface area contributed by atoms with E-state index in [1.165, 1.54) is 18.7 Å². The van der Waals surface area contributed by atoms with Crippen molar-refractivity contribution < 1.29 is 4.79 Å². The molecule has 9 heteroatoms. The van der Waals surface area contributed by atoms with Gasteiger partial charge in [-0.1, -0.05) is 34.5 Å². The Labute approximate surface area is 167 Å². The number of carbonyl (C=O) groups excluding carboxylic acids is 1. The zero-order valence-electron chi connectivity index (χ0n) is 14.8. The number of pyridine rings is 1. The second kappa shape index (κ2) is 7.28. The van der Waals surface area contributed by atoms with Crippen molar-refractivity contribution in [2.45, 2.75) is 13.3 Å². The Morgan fingerprint density at radius 3 is 2.63 bits per heavy atom. The van der Waals surface area contributed by atoms with Crippen LogP contribution in [0.5, 0.6) is 0 Å². The molecule has 2 heterocycles. The zero-order chi connectivity index (χ0) is 19.9. The Kier molecular flexibility index (Phi) is 5.21. The van der Waals surface area contributed by atoms with Gasteiger partial charge in [0.05, 0.1) is 16.3 Å². The fourth-order valence-corrected chi connectivity index (χ4v) is 3.40. The third-order valence-electron chi connectivity index (χ3n) is 4.34. The lowest BCUT2D eigenvalue weighted by atomic mass is 10.1. The first-order chi connectivity index (χ1) is 12.8. The highest BCUT2D eigenvalue weighted by molar-refractivity contribution is 9.10. The van der Waals surface area contributed by atoms with Gasteiger partial charge in [0.2, 0.25) is 0 Å². The van der Waals surface area contributed by atoms with Crippen LogP contribution in [-0.2, 0) is 20.5 Å². The highest BCUT2D eigenvalue weighted by Crippen LogP contribution is 2.26. The largest absolute Gasteiger partial charge is 0.332 e. The summed E-state index contributed by atoms with van der Waals surface area (Å²) in [5, 5.41) is 3.25. The van der Waals surface area contributed by atoms with Gasteiger partial charge in [-0.3, -0.25) is 18.7 Å². The van der Waals surface area contributed by atoms with Gasteiger partial charge < -0.3 is 5.32 Å². The van der Waals surface area contributed by atoms with E-state index in [4.69, 9.17) is 11.6 Å². The molecule has 0 radical (unpaired) electrons. The summed E-state index contributed by atoms with van der Waals surface area (Å²) >= 11 is 9.46. The number of hydrogen-bond acceptors (Lipinski definition) is 4. The third-order valence-corrected chi connectivity index (χ3v) is 5.16. The van der Waals surface area contributed by atoms with Crippen LogP contribution < -0.4 is 16.6 Å². The normalized spacial score (nSPS) is 11.0.